The van der Waals surface area contributed by atoms with Gasteiger partial charge < -0.3 is 20.1 Å². The maximum absolute atomic E-state index is 12.3. The fraction of sp³-hybridized carbons (Fsp3) is 0.824. The van der Waals surface area contributed by atoms with Crippen LogP contribution < -0.4 is 5.32 Å². The molecular formula is C17H30N2O5. The lowest BCUT2D eigenvalue weighted by atomic mass is 9.86. The lowest BCUT2D eigenvalue weighted by Gasteiger charge is -2.37. The van der Waals surface area contributed by atoms with Crippen molar-refractivity contribution < 1.29 is 24.2 Å². The average Bonchev–Trinajstić information content (AvgIpc) is 2.55. The molecule has 1 saturated heterocycles. The van der Waals surface area contributed by atoms with Crippen LogP contribution in [0.5, 0.6) is 0 Å². The van der Waals surface area contributed by atoms with Gasteiger partial charge in [-0.15, -0.1) is 0 Å². The number of esters is 1. The zero-order valence-corrected chi connectivity index (χ0v) is 14.8. The Bertz CT molecular complexity index is 427. The molecule has 2 unspecified atom stereocenters. The Morgan fingerprint density at radius 1 is 1.17 bits per heavy atom. The number of likely N-dealkylation sites (tertiary alicyclic amines) is 1. The normalized spacial score (nSPS) is 20.5. The van der Waals surface area contributed by atoms with Gasteiger partial charge in [0.2, 0.25) is 11.8 Å². The summed E-state index contributed by atoms with van der Waals surface area (Å²) in [6, 6.07) is 0. The Balaban J connectivity index is 2.26. The van der Waals surface area contributed by atoms with E-state index >= 15 is 0 Å². The van der Waals surface area contributed by atoms with Gasteiger partial charge in [0, 0.05) is 58.3 Å². The van der Waals surface area contributed by atoms with Crippen LogP contribution >= 0.6 is 0 Å². The van der Waals surface area contributed by atoms with E-state index in [1.165, 1.54) is 13.8 Å². The molecule has 0 aliphatic carbocycles. The average molecular weight is 342 g/mol. The summed E-state index contributed by atoms with van der Waals surface area (Å²) < 4.78 is 5.04. The van der Waals surface area contributed by atoms with Gasteiger partial charge in [0.25, 0.3) is 0 Å². The highest BCUT2D eigenvalue weighted by molar-refractivity contribution is 5.76. The number of nitrogens with one attached hydrogen (secondary N) is 1. The van der Waals surface area contributed by atoms with Gasteiger partial charge in [-0.2, -0.15) is 0 Å². The number of carbonyl (C=O) groups is 3. The molecule has 1 aliphatic rings. The molecule has 0 spiro atoms. The summed E-state index contributed by atoms with van der Waals surface area (Å²) in [5.74, 6) is -0.163. The van der Waals surface area contributed by atoms with Crippen molar-refractivity contribution in [3.8, 4) is 0 Å². The molecule has 0 aromatic heterocycles. The zero-order valence-electron chi connectivity index (χ0n) is 14.8. The minimum atomic E-state index is -0.315. The van der Waals surface area contributed by atoms with Crippen LogP contribution in [0.2, 0.25) is 0 Å². The van der Waals surface area contributed by atoms with Gasteiger partial charge in [-0.25, -0.2) is 0 Å². The largest absolute Gasteiger partial charge is 0.466 e. The van der Waals surface area contributed by atoms with E-state index in [-0.39, 0.29) is 36.2 Å². The summed E-state index contributed by atoms with van der Waals surface area (Å²) in [4.78, 5) is 35.7. The van der Waals surface area contributed by atoms with E-state index in [0.717, 1.165) is 25.7 Å². The Morgan fingerprint density at radius 3 is 2.54 bits per heavy atom. The number of nitrogens with zero attached hydrogens (tertiary/aromatic N) is 1. The van der Waals surface area contributed by atoms with Gasteiger partial charge in [-0.1, -0.05) is 6.42 Å². The highest BCUT2D eigenvalue weighted by atomic mass is 16.5. The minimum Gasteiger partial charge on any atom is -0.466 e. The second kappa shape index (κ2) is 11.0. The smallest absolute Gasteiger partial charge is 0.302 e. The lowest BCUT2D eigenvalue weighted by Crippen LogP contribution is -2.46. The number of aliphatic hydroxyl groups is 1. The van der Waals surface area contributed by atoms with Crippen LogP contribution in [0.4, 0.5) is 0 Å². The first-order chi connectivity index (χ1) is 11.4. The fourth-order valence-corrected chi connectivity index (χ4v) is 2.96. The summed E-state index contributed by atoms with van der Waals surface area (Å²) in [6.07, 6.45) is 3.81. The highest BCUT2D eigenvalue weighted by Gasteiger charge is 2.31. The molecule has 7 heteroatoms. The molecule has 0 saturated carbocycles. The molecule has 1 rings (SSSR count). The summed E-state index contributed by atoms with van der Waals surface area (Å²) in [6.45, 7) is 4.99. The van der Waals surface area contributed by atoms with Crippen LogP contribution in [-0.2, 0) is 19.1 Å². The van der Waals surface area contributed by atoms with E-state index in [4.69, 9.17) is 4.74 Å². The van der Waals surface area contributed by atoms with E-state index in [9.17, 15) is 19.5 Å². The topological polar surface area (TPSA) is 95.9 Å². The number of hydrogen-bond acceptors (Lipinski definition) is 5. The molecule has 24 heavy (non-hydrogen) atoms. The van der Waals surface area contributed by atoms with Crippen LogP contribution in [0, 0.1) is 11.8 Å². The summed E-state index contributed by atoms with van der Waals surface area (Å²) in [7, 11) is 0. The first kappa shape index (κ1) is 20.4. The predicted molar refractivity (Wildman–Crippen MR) is 89.0 cm³/mol. The highest BCUT2D eigenvalue weighted by Crippen LogP contribution is 2.24. The number of rotatable bonds is 9. The molecule has 0 aromatic rings. The molecule has 0 radical (unpaired) electrons. The molecule has 2 N–H and O–H groups in total. The molecule has 0 aromatic carbocycles. The lowest BCUT2D eigenvalue weighted by molar-refractivity contribution is -0.145. The van der Waals surface area contributed by atoms with Gasteiger partial charge in [0.1, 0.15) is 0 Å². The summed E-state index contributed by atoms with van der Waals surface area (Å²) in [5, 5.41) is 12.3. The van der Waals surface area contributed by atoms with Gasteiger partial charge >= 0.3 is 5.97 Å². The molecule has 1 heterocycles. The van der Waals surface area contributed by atoms with Crippen molar-refractivity contribution in [1.29, 1.82) is 0 Å². The number of aliphatic hydroxyl groups excluding tert-OH is 1. The molecule has 0 bridgehead atoms. The number of piperidine rings is 1. The summed E-state index contributed by atoms with van der Waals surface area (Å²) in [5.41, 5.74) is 0. The number of ether oxygens (including phenoxy) is 1. The van der Waals surface area contributed by atoms with E-state index in [1.807, 2.05) is 0 Å². The molecule has 138 valence electrons. The van der Waals surface area contributed by atoms with Gasteiger partial charge in [-0.3, -0.25) is 14.4 Å². The Morgan fingerprint density at radius 2 is 1.92 bits per heavy atom. The predicted octanol–water partition coefficient (Wildman–Crippen LogP) is 0.703. The zero-order chi connectivity index (χ0) is 17.9. The first-order valence-corrected chi connectivity index (χ1v) is 8.70. The molecular weight excluding hydrogens is 312 g/mol. The van der Waals surface area contributed by atoms with E-state index < -0.39 is 0 Å². The summed E-state index contributed by atoms with van der Waals surface area (Å²) >= 11 is 0. The molecule has 2 amide bonds. The van der Waals surface area contributed by atoms with E-state index in [0.29, 0.717) is 32.7 Å². The van der Waals surface area contributed by atoms with Crippen molar-refractivity contribution in [1.82, 2.24) is 10.2 Å². The molecule has 1 aliphatic heterocycles. The third kappa shape index (κ3) is 7.77. The third-order valence-corrected chi connectivity index (χ3v) is 4.42. The van der Waals surface area contributed by atoms with Gasteiger partial charge in [0.05, 0.1) is 6.61 Å². The van der Waals surface area contributed by atoms with Crippen molar-refractivity contribution in [3.05, 3.63) is 0 Å². The van der Waals surface area contributed by atoms with E-state index in [1.54, 1.807) is 4.90 Å². The van der Waals surface area contributed by atoms with Gasteiger partial charge in [0.15, 0.2) is 0 Å². The second-order valence-corrected chi connectivity index (χ2v) is 6.43. The van der Waals surface area contributed by atoms with Crippen molar-refractivity contribution in [2.45, 2.75) is 46.0 Å². The standard InChI is InChI=1S/C17H30N2O5/c1-13(21)18-8-5-3-4-6-17(23)19-9-7-15(12-24-14(2)22)16(10-19)11-20/h15-16,20H,3-12H2,1-2H3,(H,18,21). The first-order valence-electron chi connectivity index (χ1n) is 8.70. The van der Waals surface area contributed by atoms with Crippen LogP contribution in [-0.4, -0.2) is 60.6 Å². The maximum atomic E-state index is 12.3. The second-order valence-electron chi connectivity index (χ2n) is 6.43. The molecule has 1 fully saturated rings. The van der Waals surface area contributed by atoms with Crippen molar-refractivity contribution >= 4 is 17.8 Å². The van der Waals surface area contributed by atoms with Crippen molar-refractivity contribution in [3.63, 3.8) is 0 Å². The maximum Gasteiger partial charge on any atom is 0.302 e. The molecule has 2 atom stereocenters. The van der Waals surface area contributed by atoms with Crippen molar-refractivity contribution in [2.24, 2.45) is 11.8 Å². The number of carbonyl (C=O) groups excluding carboxylic acids is 3. The van der Waals surface area contributed by atoms with E-state index in [2.05, 4.69) is 5.32 Å². The Hall–Kier alpha value is -1.63. The molecule has 7 nitrogen and oxygen atoms in total. The SMILES string of the molecule is CC(=O)NCCCCCC(=O)N1CCC(COC(C)=O)C(CO)C1. The van der Waals surface area contributed by atoms with Crippen LogP contribution in [0.15, 0.2) is 0 Å². The Kier molecular flexibility index (Phi) is 9.37. The quantitative estimate of drug-likeness (QED) is 0.475. The minimum absolute atomic E-state index is 0.00751. The monoisotopic (exact) mass is 342 g/mol. The van der Waals surface area contributed by atoms with Gasteiger partial charge in [-0.05, 0) is 19.3 Å². The van der Waals surface area contributed by atoms with Crippen LogP contribution in [0.25, 0.3) is 0 Å². The third-order valence-electron chi connectivity index (χ3n) is 4.42. The van der Waals surface area contributed by atoms with Crippen LogP contribution in [0.3, 0.4) is 0 Å². The van der Waals surface area contributed by atoms with Crippen molar-refractivity contribution in [2.75, 3.05) is 32.8 Å². The number of amides is 2. The Labute approximate surface area is 143 Å². The fourth-order valence-electron chi connectivity index (χ4n) is 2.96. The number of hydrogen-bond donors (Lipinski definition) is 2. The van der Waals surface area contributed by atoms with Crippen LogP contribution in [0.1, 0.15) is 46.0 Å². The number of unbranched alkanes of at least 4 members (excludes halogenated alkanes) is 2.